The van der Waals surface area contributed by atoms with Gasteiger partial charge in [-0.25, -0.2) is 0 Å². The molecule has 148 valence electrons. The van der Waals surface area contributed by atoms with E-state index < -0.39 is 11.4 Å². The van der Waals surface area contributed by atoms with Crippen LogP contribution in [0.4, 0.5) is 0 Å². The molecule has 0 saturated carbocycles. The van der Waals surface area contributed by atoms with Crippen molar-refractivity contribution in [1.29, 1.82) is 5.26 Å². The summed E-state index contributed by atoms with van der Waals surface area (Å²) >= 11 is 0. The molecule has 0 aliphatic carbocycles. The molecule has 0 rings (SSSR count). The fourth-order valence-electron chi connectivity index (χ4n) is 3.64. The van der Waals surface area contributed by atoms with E-state index in [9.17, 15) is 5.26 Å². The van der Waals surface area contributed by atoms with Crippen LogP contribution in [0.2, 0.25) is 0 Å². The Balaban J connectivity index is 4.77. The van der Waals surface area contributed by atoms with Gasteiger partial charge in [0.2, 0.25) is 0 Å². The van der Waals surface area contributed by atoms with Gasteiger partial charge in [-0.05, 0) is 33.6 Å². The highest BCUT2D eigenvalue weighted by molar-refractivity contribution is 4.95. The Bertz CT molecular complexity index is 348. The summed E-state index contributed by atoms with van der Waals surface area (Å²) < 4.78 is 17.7. The molecule has 0 aromatic rings. The van der Waals surface area contributed by atoms with Crippen molar-refractivity contribution in [1.82, 2.24) is 0 Å². The van der Waals surface area contributed by atoms with Crippen LogP contribution in [-0.4, -0.2) is 24.6 Å². The Kier molecular flexibility index (Phi) is 13.9. The maximum atomic E-state index is 9.24. The van der Waals surface area contributed by atoms with E-state index in [1.165, 1.54) is 38.5 Å². The van der Waals surface area contributed by atoms with Crippen LogP contribution >= 0.6 is 0 Å². The normalized spacial score (nSPS) is 16.0. The van der Waals surface area contributed by atoms with Crippen LogP contribution in [0.15, 0.2) is 0 Å². The maximum Gasteiger partial charge on any atom is 0.289 e. The van der Waals surface area contributed by atoms with Gasteiger partial charge in [0.05, 0.1) is 0 Å². The topological polar surface area (TPSA) is 51.5 Å². The average Bonchev–Trinajstić information content (AvgIpc) is 2.58. The number of ether oxygens (including phenoxy) is 3. The molecule has 25 heavy (non-hydrogen) atoms. The van der Waals surface area contributed by atoms with E-state index >= 15 is 0 Å². The van der Waals surface area contributed by atoms with Crippen molar-refractivity contribution in [3.63, 3.8) is 0 Å². The summed E-state index contributed by atoms with van der Waals surface area (Å²) in [4.78, 5) is 0. The lowest BCUT2D eigenvalue weighted by Crippen LogP contribution is -2.57. The number of nitrogens with zero attached hydrogens (tertiary/aromatic N) is 1. The molecule has 2 unspecified atom stereocenters. The zero-order valence-electron chi connectivity index (χ0n) is 17.4. The fourth-order valence-corrected chi connectivity index (χ4v) is 3.64. The number of hydrogen-bond donors (Lipinski definition) is 0. The Morgan fingerprint density at radius 3 is 1.76 bits per heavy atom. The van der Waals surface area contributed by atoms with E-state index in [4.69, 9.17) is 14.2 Å². The minimum Gasteiger partial charge on any atom is -0.389 e. The smallest absolute Gasteiger partial charge is 0.289 e. The lowest BCUT2D eigenvalue weighted by molar-refractivity contribution is -0.308. The van der Waals surface area contributed by atoms with E-state index in [1.54, 1.807) is 0 Å². The van der Waals surface area contributed by atoms with E-state index in [0.717, 1.165) is 25.7 Å². The van der Waals surface area contributed by atoms with E-state index in [2.05, 4.69) is 13.8 Å². The summed E-state index contributed by atoms with van der Waals surface area (Å²) in [6.07, 6.45) is 14.3. The van der Waals surface area contributed by atoms with Gasteiger partial charge in [0.15, 0.2) is 0 Å². The first-order chi connectivity index (χ1) is 12.1. The van der Waals surface area contributed by atoms with Crippen LogP contribution in [0, 0.1) is 11.5 Å². The Labute approximate surface area is 156 Å². The standard InChI is InChI=1S/C21H41NO3/c1-6-10-11-12-13-14-15-16-18-21(24-9-4,25-19-22)20(5,17-7-2)23-8-3/h6-18H2,1-5H3. The Hall–Kier alpha value is -0.790. The van der Waals surface area contributed by atoms with Crippen molar-refractivity contribution in [2.75, 3.05) is 13.2 Å². The average molecular weight is 356 g/mol. The van der Waals surface area contributed by atoms with Crippen LogP contribution in [0.3, 0.4) is 0 Å². The summed E-state index contributed by atoms with van der Waals surface area (Å²) in [6.45, 7) is 11.4. The molecular formula is C21H41NO3. The van der Waals surface area contributed by atoms with Crippen molar-refractivity contribution < 1.29 is 14.2 Å². The lowest BCUT2D eigenvalue weighted by atomic mass is 9.85. The third-order valence-corrected chi connectivity index (χ3v) is 4.94. The fraction of sp³-hybridized carbons (Fsp3) is 0.952. The predicted molar refractivity (Wildman–Crippen MR) is 103 cm³/mol. The molecule has 0 fully saturated rings. The van der Waals surface area contributed by atoms with E-state index in [1.807, 2.05) is 27.0 Å². The molecule has 0 aliphatic rings. The summed E-state index contributed by atoms with van der Waals surface area (Å²) in [5, 5.41) is 9.24. The highest BCUT2D eigenvalue weighted by Gasteiger charge is 2.52. The molecule has 0 aliphatic heterocycles. The first-order valence-electron chi connectivity index (χ1n) is 10.4. The van der Waals surface area contributed by atoms with Crippen LogP contribution in [-0.2, 0) is 14.2 Å². The molecule has 4 heteroatoms. The van der Waals surface area contributed by atoms with Gasteiger partial charge < -0.3 is 14.2 Å². The number of nitriles is 1. The predicted octanol–water partition coefficient (Wildman–Crippen LogP) is 6.34. The molecule has 0 bridgehead atoms. The summed E-state index contributed by atoms with van der Waals surface area (Å²) in [5.41, 5.74) is -0.608. The summed E-state index contributed by atoms with van der Waals surface area (Å²) in [7, 11) is 0. The minimum atomic E-state index is -0.981. The molecule has 0 spiro atoms. The van der Waals surface area contributed by atoms with Crippen molar-refractivity contribution in [3.8, 4) is 6.26 Å². The monoisotopic (exact) mass is 355 g/mol. The van der Waals surface area contributed by atoms with E-state index in [0.29, 0.717) is 19.6 Å². The molecule has 0 aromatic heterocycles. The second-order valence-corrected chi connectivity index (χ2v) is 7.02. The number of unbranched alkanes of at least 4 members (excludes halogenated alkanes) is 7. The minimum absolute atomic E-state index is 0.505. The molecule has 2 atom stereocenters. The van der Waals surface area contributed by atoms with Gasteiger partial charge in [0.25, 0.3) is 12.0 Å². The zero-order chi connectivity index (χ0) is 19.0. The molecule has 4 nitrogen and oxygen atoms in total. The van der Waals surface area contributed by atoms with Gasteiger partial charge in [-0.3, -0.25) is 0 Å². The number of hydrogen-bond acceptors (Lipinski definition) is 4. The van der Waals surface area contributed by atoms with Crippen LogP contribution < -0.4 is 0 Å². The zero-order valence-corrected chi connectivity index (χ0v) is 17.4. The first-order valence-corrected chi connectivity index (χ1v) is 10.4. The van der Waals surface area contributed by atoms with E-state index in [-0.39, 0.29) is 0 Å². The van der Waals surface area contributed by atoms with Gasteiger partial charge in [-0.2, -0.15) is 5.26 Å². The largest absolute Gasteiger partial charge is 0.389 e. The van der Waals surface area contributed by atoms with Crippen LogP contribution in [0.1, 0.15) is 105 Å². The maximum absolute atomic E-state index is 9.24. The SMILES string of the molecule is CCCCCCCCCCC(OC#N)(OCC)C(C)(CCC)OCC. The first kappa shape index (κ1) is 24.2. The van der Waals surface area contributed by atoms with Crippen molar-refractivity contribution in [2.45, 2.75) is 117 Å². The van der Waals surface area contributed by atoms with Gasteiger partial charge >= 0.3 is 0 Å². The summed E-state index contributed by atoms with van der Waals surface area (Å²) in [5.74, 6) is -0.981. The van der Waals surface area contributed by atoms with Crippen LogP contribution in [0.25, 0.3) is 0 Å². The molecule has 0 amide bonds. The molecule has 0 N–H and O–H groups in total. The van der Waals surface area contributed by atoms with Crippen molar-refractivity contribution in [2.24, 2.45) is 0 Å². The number of rotatable bonds is 17. The quantitative estimate of drug-likeness (QED) is 0.173. The highest BCUT2D eigenvalue weighted by atomic mass is 16.7. The molecular weight excluding hydrogens is 314 g/mol. The summed E-state index contributed by atoms with van der Waals surface area (Å²) in [6, 6.07) is 0. The van der Waals surface area contributed by atoms with Gasteiger partial charge in [0.1, 0.15) is 5.60 Å². The highest BCUT2D eigenvalue weighted by Crippen LogP contribution is 2.39. The molecule has 0 aromatic carbocycles. The third-order valence-electron chi connectivity index (χ3n) is 4.94. The molecule has 0 radical (unpaired) electrons. The Morgan fingerprint density at radius 2 is 1.28 bits per heavy atom. The van der Waals surface area contributed by atoms with Gasteiger partial charge in [-0.1, -0.05) is 65.2 Å². The molecule has 0 heterocycles. The van der Waals surface area contributed by atoms with Gasteiger partial charge in [0, 0.05) is 19.6 Å². The molecule has 0 saturated heterocycles. The van der Waals surface area contributed by atoms with Crippen molar-refractivity contribution in [3.05, 3.63) is 0 Å². The lowest BCUT2D eigenvalue weighted by Gasteiger charge is -2.45. The van der Waals surface area contributed by atoms with Crippen molar-refractivity contribution >= 4 is 0 Å². The van der Waals surface area contributed by atoms with Crippen LogP contribution in [0.5, 0.6) is 0 Å². The Morgan fingerprint density at radius 1 is 0.720 bits per heavy atom. The second kappa shape index (κ2) is 14.4. The van der Waals surface area contributed by atoms with Gasteiger partial charge in [-0.15, -0.1) is 0 Å². The third kappa shape index (κ3) is 8.42. The second-order valence-electron chi connectivity index (χ2n) is 7.02.